The Balaban J connectivity index is 0. The van der Waals surface area contributed by atoms with E-state index in [1.54, 1.807) is 0 Å². The zero-order valence-electron chi connectivity index (χ0n) is 14.3. The number of hydrogen-bond acceptors (Lipinski definition) is 4. The average molecular weight is 371 g/mol. The molecule has 1 aliphatic heterocycles. The lowest BCUT2D eigenvalue weighted by atomic mass is 10.1. The molecule has 0 spiro atoms. The van der Waals surface area contributed by atoms with Crippen molar-refractivity contribution in [2.75, 3.05) is 26.2 Å². The number of nitrogens with zero attached hydrogens (tertiary/aromatic N) is 1. The Bertz CT molecular complexity index is 350. The van der Waals surface area contributed by atoms with Crippen molar-refractivity contribution in [3.05, 3.63) is 0 Å². The van der Waals surface area contributed by atoms with Gasteiger partial charge in [0.1, 0.15) is 0 Å². The molecule has 2 amide bonds. The van der Waals surface area contributed by atoms with Gasteiger partial charge in [0.05, 0.1) is 12.6 Å². The molecule has 6 nitrogen and oxygen atoms in total. The molecule has 1 aliphatic rings. The SMILES string of the molecule is CC(CN1CCCCC1)NC(=O)CNC(=O)[C@@H](N)C(C)C.Cl.Cl. The summed E-state index contributed by atoms with van der Waals surface area (Å²) in [6.07, 6.45) is 3.78. The number of hydrogen-bond donors (Lipinski definition) is 3. The number of nitrogens with two attached hydrogens (primary N) is 1. The highest BCUT2D eigenvalue weighted by Gasteiger charge is 2.19. The maximum atomic E-state index is 11.8. The summed E-state index contributed by atoms with van der Waals surface area (Å²) in [6.45, 7) is 8.83. The number of carbonyl (C=O) groups is 2. The van der Waals surface area contributed by atoms with Crippen molar-refractivity contribution in [1.29, 1.82) is 0 Å². The molecule has 23 heavy (non-hydrogen) atoms. The fourth-order valence-electron chi connectivity index (χ4n) is 2.49. The van der Waals surface area contributed by atoms with Crippen LogP contribution in [-0.2, 0) is 9.59 Å². The first-order valence-electron chi connectivity index (χ1n) is 7.95. The number of piperidine rings is 1. The van der Waals surface area contributed by atoms with Crippen molar-refractivity contribution in [1.82, 2.24) is 15.5 Å². The molecular formula is C15H32Cl2N4O2. The zero-order chi connectivity index (χ0) is 15.8. The summed E-state index contributed by atoms with van der Waals surface area (Å²) in [5.74, 6) is -0.376. The van der Waals surface area contributed by atoms with E-state index in [4.69, 9.17) is 5.73 Å². The number of likely N-dealkylation sites (tertiary alicyclic amines) is 1. The van der Waals surface area contributed by atoms with Crippen LogP contribution in [0.1, 0.15) is 40.0 Å². The summed E-state index contributed by atoms with van der Waals surface area (Å²) < 4.78 is 0. The van der Waals surface area contributed by atoms with Crippen molar-refractivity contribution in [3.63, 3.8) is 0 Å². The third kappa shape index (κ3) is 10.0. The van der Waals surface area contributed by atoms with Crippen molar-refractivity contribution < 1.29 is 9.59 Å². The van der Waals surface area contributed by atoms with Crippen LogP contribution in [0.15, 0.2) is 0 Å². The molecule has 0 bridgehead atoms. The predicted octanol–water partition coefficient (Wildman–Crippen LogP) is 0.920. The Labute approximate surface area is 152 Å². The maximum Gasteiger partial charge on any atom is 0.239 e. The first-order valence-corrected chi connectivity index (χ1v) is 7.95. The van der Waals surface area contributed by atoms with Crippen LogP contribution in [-0.4, -0.2) is 55.0 Å². The number of amides is 2. The molecule has 4 N–H and O–H groups in total. The minimum Gasteiger partial charge on any atom is -0.351 e. The van der Waals surface area contributed by atoms with Crippen molar-refractivity contribution in [3.8, 4) is 0 Å². The van der Waals surface area contributed by atoms with E-state index in [1.807, 2.05) is 20.8 Å². The molecule has 1 rings (SSSR count). The monoisotopic (exact) mass is 370 g/mol. The molecule has 1 fully saturated rings. The van der Waals surface area contributed by atoms with Gasteiger partial charge in [0.2, 0.25) is 11.8 Å². The topological polar surface area (TPSA) is 87.5 Å². The van der Waals surface area contributed by atoms with Gasteiger partial charge in [0.15, 0.2) is 0 Å². The molecule has 0 aromatic heterocycles. The molecule has 1 saturated heterocycles. The predicted molar refractivity (Wildman–Crippen MR) is 98.2 cm³/mol. The lowest BCUT2D eigenvalue weighted by Crippen LogP contribution is -2.49. The van der Waals surface area contributed by atoms with Gasteiger partial charge >= 0.3 is 0 Å². The Morgan fingerprint density at radius 3 is 2.17 bits per heavy atom. The van der Waals surface area contributed by atoms with Crippen LogP contribution in [0.5, 0.6) is 0 Å². The van der Waals surface area contributed by atoms with E-state index in [2.05, 4.69) is 15.5 Å². The van der Waals surface area contributed by atoms with E-state index in [0.717, 1.165) is 19.6 Å². The van der Waals surface area contributed by atoms with Crippen LogP contribution in [0, 0.1) is 5.92 Å². The molecule has 0 aliphatic carbocycles. The first-order chi connectivity index (χ1) is 9.90. The smallest absolute Gasteiger partial charge is 0.239 e. The van der Waals surface area contributed by atoms with Crippen LogP contribution < -0.4 is 16.4 Å². The van der Waals surface area contributed by atoms with Crippen LogP contribution >= 0.6 is 24.8 Å². The van der Waals surface area contributed by atoms with E-state index in [-0.39, 0.29) is 55.1 Å². The third-order valence-corrected chi connectivity index (χ3v) is 3.83. The third-order valence-electron chi connectivity index (χ3n) is 3.83. The number of halogens is 2. The van der Waals surface area contributed by atoms with Crippen LogP contribution in [0.4, 0.5) is 0 Å². The van der Waals surface area contributed by atoms with Gasteiger partial charge < -0.3 is 21.3 Å². The van der Waals surface area contributed by atoms with E-state index in [1.165, 1.54) is 19.3 Å². The minimum atomic E-state index is -0.566. The molecule has 1 heterocycles. The molecule has 0 saturated carbocycles. The second-order valence-corrected chi connectivity index (χ2v) is 6.32. The summed E-state index contributed by atoms with van der Waals surface area (Å²) >= 11 is 0. The fraction of sp³-hybridized carbons (Fsp3) is 0.867. The molecule has 0 radical (unpaired) electrons. The number of carbonyl (C=O) groups excluding carboxylic acids is 2. The lowest BCUT2D eigenvalue weighted by molar-refractivity contribution is -0.127. The summed E-state index contributed by atoms with van der Waals surface area (Å²) in [5.41, 5.74) is 5.72. The Morgan fingerprint density at radius 2 is 1.65 bits per heavy atom. The summed E-state index contributed by atoms with van der Waals surface area (Å²) in [6, 6.07) is -0.477. The molecular weight excluding hydrogens is 339 g/mol. The lowest BCUT2D eigenvalue weighted by Gasteiger charge is -2.29. The largest absolute Gasteiger partial charge is 0.351 e. The van der Waals surface area contributed by atoms with Gasteiger partial charge in [-0.05, 0) is 38.8 Å². The Kier molecular flexibility index (Phi) is 13.8. The van der Waals surface area contributed by atoms with Gasteiger partial charge in [-0.3, -0.25) is 9.59 Å². The highest BCUT2D eigenvalue weighted by molar-refractivity contribution is 5.87. The average Bonchev–Trinajstić information content (AvgIpc) is 2.44. The van der Waals surface area contributed by atoms with Gasteiger partial charge in [-0.1, -0.05) is 20.3 Å². The van der Waals surface area contributed by atoms with Crippen LogP contribution in [0.25, 0.3) is 0 Å². The van der Waals surface area contributed by atoms with E-state index in [9.17, 15) is 9.59 Å². The quantitative estimate of drug-likeness (QED) is 0.621. The maximum absolute atomic E-state index is 11.8. The number of rotatable bonds is 7. The minimum absolute atomic E-state index is 0. The molecule has 0 aromatic carbocycles. The normalized spacial score (nSPS) is 17.4. The van der Waals surface area contributed by atoms with Gasteiger partial charge in [-0.25, -0.2) is 0 Å². The second kappa shape index (κ2) is 12.8. The summed E-state index contributed by atoms with van der Waals surface area (Å²) in [4.78, 5) is 25.9. The summed E-state index contributed by atoms with van der Waals surface area (Å²) in [7, 11) is 0. The van der Waals surface area contributed by atoms with Crippen LogP contribution in [0.2, 0.25) is 0 Å². The van der Waals surface area contributed by atoms with Crippen molar-refractivity contribution >= 4 is 36.6 Å². The van der Waals surface area contributed by atoms with Gasteiger partial charge in [-0.2, -0.15) is 0 Å². The molecule has 1 unspecified atom stereocenters. The standard InChI is InChI=1S/C15H30N4O2.2ClH/c1-11(2)14(16)15(21)17-9-13(20)18-12(3)10-19-7-5-4-6-8-19;;/h11-12,14H,4-10,16H2,1-3H3,(H,17,21)(H,18,20);2*1H/t12?,14-;;/m0../s1. The number of nitrogens with one attached hydrogen (secondary N) is 2. The van der Waals surface area contributed by atoms with Crippen molar-refractivity contribution in [2.45, 2.75) is 52.1 Å². The van der Waals surface area contributed by atoms with E-state index >= 15 is 0 Å². The van der Waals surface area contributed by atoms with E-state index < -0.39 is 6.04 Å². The highest BCUT2D eigenvalue weighted by atomic mass is 35.5. The van der Waals surface area contributed by atoms with Gasteiger partial charge in [-0.15, -0.1) is 24.8 Å². The van der Waals surface area contributed by atoms with E-state index in [0.29, 0.717) is 0 Å². The Hall–Kier alpha value is -0.560. The second-order valence-electron chi connectivity index (χ2n) is 6.32. The molecule has 2 atom stereocenters. The van der Waals surface area contributed by atoms with Crippen LogP contribution in [0.3, 0.4) is 0 Å². The van der Waals surface area contributed by atoms with Crippen molar-refractivity contribution in [2.24, 2.45) is 11.7 Å². The Morgan fingerprint density at radius 1 is 1.09 bits per heavy atom. The summed E-state index contributed by atoms with van der Waals surface area (Å²) in [5, 5.41) is 5.50. The zero-order valence-corrected chi connectivity index (χ0v) is 16.0. The van der Waals surface area contributed by atoms with Gasteiger partial charge in [0, 0.05) is 12.6 Å². The molecule has 8 heteroatoms. The highest BCUT2D eigenvalue weighted by Crippen LogP contribution is 2.08. The first kappa shape index (κ1) is 24.7. The fourth-order valence-corrected chi connectivity index (χ4v) is 2.49. The molecule has 0 aromatic rings. The van der Waals surface area contributed by atoms with Gasteiger partial charge in [0.25, 0.3) is 0 Å². The molecule has 138 valence electrons.